The molecule has 3 aliphatic rings. The molecule has 0 aromatic carbocycles. The summed E-state index contributed by atoms with van der Waals surface area (Å²) in [5.41, 5.74) is 17.9. The molecule has 0 saturated heterocycles. The molecule has 0 bridgehead atoms. The Labute approximate surface area is 141 Å². The molecule has 4 nitrogen and oxygen atoms in total. The summed E-state index contributed by atoms with van der Waals surface area (Å²) < 4.78 is 0. The van der Waals surface area contributed by atoms with Gasteiger partial charge in [0.15, 0.2) is 0 Å². The normalized spacial score (nSPS) is 45.4. The second-order valence-corrected chi connectivity index (χ2v) is 8.72. The standard InChI is InChI=1S/C19H37N3O/c20-16-7-1-13(2-8-16)19(23,14-3-9-17(21)10-4-14)15-5-11-18(22)12-6-15/h13-18,23H,1-12,20-22H2. The summed E-state index contributed by atoms with van der Waals surface area (Å²) in [7, 11) is 0. The maximum Gasteiger partial charge on any atom is 0.0731 e. The Kier molecular flexibility index (Phi) is 5.67. The zero-order valence-corrected chi connectivity index (χ0v) is 14.6. The Hall–Kier alpha value is -0.160. The van der Waals surface area contributed by atoms with E-state index in [0.717, 1.165) is 77.0 Å². The Morgan fingerprint density at radius 1 is 0.478 bits per heavy atom. The molecule has 0 amide bonds. The molecule has 0 aliphatic heterocycles. The van der Waals surface area contributed by atoms with Crippen LogP contribution >= 0.6 is 0 Å². The monoisotopic (exact) mass is 323 g/mol. The van der Waals surface area contributed by atoms with Gasteiger partial charge >= 0.3 is 0 Å². The van der Waals surface area contributed by atoms with Crippen molar-refractivity contribution >= 4 is 0 Å². The summed E-state index contributed by atoms with van der Waals surface area (Å²) >= 11 is 0. The van der Waals surface area contributed by atoms with Crippen LogP contribution in [0.25, 0.3) is 0 Å². The molecule has 0 aromatic heterocycles. The number of hydrogen-bond donors (Lipinski definition) is 4. The number of nitrogens with two attached hydrogens (primary N) is 3. The highest BCUT2D eigenvalue weighted by molar-refractivity contribution is 5.02. The lowest BCUT2D eigenvalue weighted by Crippen LogP contribution is -2.55. The predicted molar refractivity (Wildman–Crippen MR) is 94.8 cm³/mol. The molecule has 3 rings (SSSR count). The van der Waals surface area contributed by atoms with Gasteiger partial charge in [0.25, 0.3) is 0 Å². The lowest BCUT2D eigenvalue weighted by molar-refractivity contribution is -0.144. The molecule has 7 N–H and O–H groups in total. The van der Waals surface area contributed by atoms with Gasteiger partial charge in [-0.25, -0.2) is 0 Å². The van der Waals surface area contributed by atoms with E-state index in [2.05, 4.69) is 0 Å². The lowest BCUT2D eigenvalue weighted by atomic mass is 9.58. The van der Waals surface area contributed by atoms with Gasteiger partial charge in [-0.15, -0.1) is 0 Å². The quantitative estimate of drug-likeness (QED) is 0.640. The van der Waals surface area contributed by atoms with Gasteiger partial charge in [-0.05, 0) is 94.8 Å². The first-order valence-corrected chi connectivity index (χ1v) is 9.99. The maximum absolute atomic E-state index is 12.0. The summed E-state index contributed by atoms with van der Waals surface area (Å²) in [6.45, 7) is 0. The van der Waals surface area contributed by atoms with Crippen LogP contribution < -0.4 is 17.2 Å². The molecule has 0 heterocycles. The van der Waals surface area contributed by atoms with Gasteiger partial charge in [0.05, 0.1) is 5.60 Å². The van der Waals surface area contributed by atoms with E-state index < -0.39 is 5.60 Å². The SMILES string of the molecule is NC1CCC(C(O)(C2CCC(N)CC2)C2CCC(N)CC2)CC1. The lowest BCUT2D eigenvalue weighted by Gasteiger charge is -2.52. The molecular formula is C19H37N3O. The van der Waals surface area contributed by atoms with E-state index in [1.54, 1.807) is 0 Å². The molecule has 134 valence electrons. The van der Waals surface area contributed by atoms with Gasteiger partial charge in [0.1, 0.15) is 0 Å². The first-order chi connectivity index (χ1) is 11.0. The van der Waals surface area contributed by atoms with Gasteiger partial charge < -0.3 is 22.3 Å². The largest absolute Gasteiger partial charge is 0.389 e. The van der Waals surface area contributed by atoms with Crippen molar-refractivity contribution in [3.8, 4) is 0 Å². The van der Waals surface area contributed by atoms with Crippen LogP contribution in [0.4, 0.5) is 0 Å². The molecule has 3 saturated carbocycles. The van der Waals surface area contributed by atoms with E-state index in [9.17, 15) is 5.11 Å². The van der Waals surface area contributed by atoms with Crippen LogP contribution in [-0.4, -0.2) is 28.8 Å². The van der Waals surface area contributed by atoms with Gasteiger partial charge in [0, 0.05) is 18.1 Å². The van der Waals surface area contributed by atoms with Gasteiger partial charge in [0.2, 0.25) is 0 Å². The van der Waals surface area contributed by atoms with Crippen LogP contribution in [0.15, 0.2) is 0 Å². The van der Waals surface area contributed by atoms with Gasteiger partial charge in [-0.1, -0.05) is 0 Å². The van der Waals surface area contributed by atoms with Crippen LogP contribution in [-0.2, 0) is 0 Å². The third-order valence-electron chi connectivity index (χ3n) is 7.28. The summed E-state index contributed by atoms with van der Waals surface area (Å²) in [5.74, 6) is 1.29. The summed E-state index contributed by atoms with van der Waals surface area (Å²) in [6.07, 6.45) is 13.0. The van der Waals surface area contributed by atoms with Crippen molar-refractivity contribution in [1.29, 1.82) is 0 Å². The van der Waals surface area contributed by atoms with Crippen molar-refractivity contribution in [3.63, 3.8) is 0 Å². The topological polar surface area (TPSA) is 98.3 Å². The van der Waals surface area contributed by atoms with Crippen molar-refractivity contribution in [2.75, 3.05) is 0 Å². The molecule has 3 fully saturated rings. The molecule has 23 heavy (non-hydrogen) atoms. The van der Waals surface area contributed by atoms with E-state index >= 15 is 0 Å². The van der Waals surface area contributed by atoms with E-state index in [0.29, 0.717) is 35.9 Å². The average Bonchev–Trinajstić information content (AvgIpc) is 2.56. The maximum atomic E-state index is 12.0. The third kappa shape index (κ3) is 3.76. The van der Waals surface area contributed by atoms with Crippen molar-refractivity contribution in [2.24, 2.45) is 35.0 Å². The van der Waals surface area contributed by atoms with E-state index in [4.69, 9.17) is 17.2 Å². The Morgan fingerprint density at radius 2 is 0.696 bits per heavy atom. The summed E-state index contributed by atoms with van der Waals surface area (Å²) in [5, 5.41) is 12.0. The van der Waals surface area contributed by atoms with E-state index in [1.807, 2.05) is 0 Å². The van der Waals surface area contributed by atoms with Crippen molar-refractivity contribution in [3.05, 3.63) is 0 Å². The van der Waals surface area contributed by atoms with Crippen molar-refractivity contribution < 1.29 is 5.11 Å². The highest BCUT2D eigenvalue weighted by Crippen LogP contribution is 2.50. The number of aliphatic hydroxyl groups is 1. The van der Waals surface area contributed by atoms with Gasteiger partial charge in [-0.2, -0.15) is 0 Å². The minimum atomic E-state index is -0.500. The van der Waals surface area contributed by atoms with E-state index in [-0.39, 0.29) is 0 Å². The van der Waals surface area contributed by atoms with Crippen molar-refractivity contribution in [2.45, 2.75) is 101 Å². The smallest absolute Gasteiger partial charge is 0.0731 e. The molecule has 0 atom stereocenters. The van der Waals surface area contributed by atoms with Crippen LogP contribution in [0.1, 0.15) is 77.0 Å². The Balaban J connectivity index is 1.77. The molecule has 0 aromatic rings. The Morgan fingerprint density at radius 3 is 0.913 bits per heavy atom. The summed E-state index contributed by atoms with van der Waals surface area (Å²) in [6, 6.07) is 1.03. The van der Waals surface area contributed by atoms with E-state index in [1.165, 1.54) is 0 Å². The first kappa shape index (κ1) is 17.7. The molecular weight excluding hydrogens is 286 g/mol. The second-order valence-electron chi connectivity index (χ2n) is 8.72. The Bertz CT molecular complexity index is 310. The van der Waals surface area contributed by atoms with Crippen LogP contribution in [0, 0.1) is 17.8 Å². The zero-order valence-electron chi connectivity index (χ0n) is 14.6. The molecule has 4 heteroatoms. The minimum Gasteiger partial charge on any atom is -0.389 e. The highest BCUT2D eigenvalue weighted by atomic mass is 16.3. The molecule has 0 radical (unpaired) electrons. The fourth-order valence-electron chi connectivity index (χ4n) is 5.74. The molecule has 3 aliphatic carbocycles. The van der Waals surface area contributed by atoms with Crippen LogP contribution in [0.5, 0.6) is 0 Å². The molecule has 0 spiro atoms. The minimum absolute atomic E-state index is 0.343. The number of hydrogen-bond acceptors (Lipinski definition) is 4. The predicted octanol–water partition coefficient (Wildman–Crippen LogP) is 2.27. The zero-order chi connectivity index (χ0) is 16.4. The average molecular weight is 324 g/mol. The number of rotatable bonds is 3. The second kappa shape index (κ2) is 7.38. The highest BCUT2D eigenvalue weighted by Gasteiger charge is 2.50. The van der Waals surface area contributed by atoms with Crippen molar-refractivity contribution in [1.82, 2.24) is 0 Å². The molecule has 0 unspecified atom stereocenters. The summed E-state index contributed by atoms with van der Waals surface area (Å²) in [4.78, 5) is 0. The van der Waals surface area contributed by atoms with Crippen LogP contribution in [0.2, 0.25) is 0 Å². The van der Waals surface area contributed by atoms with Gasteiger partial charge in [-0.3, -0.25) is 0 Å². The van der Waals surface area contributed by atoms with Crippen LogP contribution in [0.3, 0.4) is 0 Å². The fraction of sp³-hybridized carbons (Fsp3) is 1.00. The fourth-order valence-corrected chi connectivity index (χ4v) is 5.74. The first-order valence-electron chi connectivity index (χ1n) is 9.99. The third-order valence-corrected chi connectivity index (χ3v) is 7.28.